The van der Waals surface area contributed by atoms with E-state index in [1.807, 2.05) is 0 Å². The first-order valence-corrected chi connectivity index (χ1v) is 4.16. The third-order valence-corrected chi connectivity index (χ3v) is 2.69. The SMILES string of the molecule is COC(C)(C(=O)O)c1cncs1. The topological polar surface area (TPSA) is 59.4 Å². The van der Waals surface area contributed by atoms with Crippen LogP contribution in [0.2, 0.25) is 0 Å². The number of aliphatic carboxylic acids is 1. The lowest BCUT2D eigenvalue weighted by Gasteiger charge is -2.20. The van der Waals surface area contributed by atoms with E-state index in [9.17, 15) is 4.79 Å². The molecule has 0 bridgehead atoms. The maximum Gasteiger partial charge on any atom is 0.341 e. The molecule has 1 heterocycles. The molecule has 5 heteroatoms. The molecule has 0 aliphatic carbocycles. The quantitative estimate of drug-likeness (QED) is 0.769. The smallest absolute Gasteiger partial charge is 0.341 e. The van der Waals surface area contributed by atoms with Crippen molar-refractivity contribution in [1.82, 2.24) is 4.98 Å². The first kappa shape index (κ1) is 9.15. The van der Waals surface area contributed by atoms with Gasteiger partial charge in [-0.15, -0.1) is 11.3 Å². The van der Waals surface area contributed by atoms with Crippen LogP contribution in [0.5, 0.6) is 0 Å². The van der Waals surface area contributed by atoms with Crippen LogP contribution in [-0.4, -0.2) is 23.2 Å². The van der Waals surface area contributed by atoms with Crippen molar-refractivity contribution in [2.24, 2.45) is 0 Å². The van der Waals surface area contributed by atoms with Gasteiger partial charge in [-0.2, -0.15) is 0 Å². The normalized spacial score (nSPS) is 15.5. The molecule has 1 N–H and O–H groups in total. The number of carboxylic acids is 1. The Morgan fingerprint density at radius 1 is 1.83 bits per heavy atom. The number of rotatable bonds is 3. The monoisotopic (exact) mass is 187 g/mol. The number of hydrogen-bond acceptors (Lipinski definition) is 4. The summed E-state index contributed by atoms with van der Waals surface area (Å²) in [5.74, 6) is -1.01. The van der Waals surface area contributed by atoms with Crippen LogP contribution in [0.3, 0.4) is 0 Å². The molecule has 1 aromatic rings. The number of aromatic nitrogens is 1. The van der Waals surface area contributed by atoms with Gasteiger partial charge in [0, 0.05) is 13.3 Å². The average molecular weight is 187 g/mol. The summed E-state index contributed by atoms with van der Waals surface area (Å²) in [6, 6.07) is 0. The van der Waals surface area contributed by atoms with Crippen LogP contribution >= 0.6 is 11.3 Å². The van der Waals surface area contributed by atoms with Crippen LogP contribution in [0, 0.1) is 0 Å². The highest BCUT2D eigenvalue weighted by Gasteiger charge is 2.36. The maximum atomic E-state index is 10.8. The molecule has 0 saturated carbocycles. The van der Waals surface area contributed by atoms with Crippen molar-refractivity contribution in [3.8, 4) is 0 Å². The Morgan fingerprint density at radius 2 is 2.50 bits per heavy atom. The molecule has 0 amide bonds. The van der Waals surface area contributed by atoms with Gasteiger partial charge in [0.1, 0.15) is 0 Å². The molecular formula is C7H9NO3S. The summed E-state index contributed by atoms with van der Waals surface area (Å²) in [7, 11) is 1.37. The Hall–Kier alpha value is -0.940. The molecule has 0 aliphatic heterocycles. The van der Waals surface area contributed by atoms with Crippen LogP contribution in [0.15, 0.2) is 11.7 Å². The van der Waals surface area contributed by atoms with Crippen LogP contribution < -0.4 is 0 Å². The van der Waals surface area contributed by atoms with E-state index in [0.29, 0.717) is 4.88 Å². The highest BCUT2D eigenvalue weighted by Crippen LogP contribution is 2.27. The van der Waals surface area contributed by atoms with E-state index in [0.717, 1.165) is 0 Å². The summed E-state index contributed by atoms with van der Waals surface area (Å²) >= 11 is 1.27. The Kier molecular flexibility index (Phi) is 2.44. The summed E-state index contributed by atoms with van der Waals surface area (Å²) in [5.41, 5.74) is 0.316. The van der Waals surface area contributed by atoms with Gasteiger partial charge in [0.15, 0.2) is 5.60 Å². The molecular weight excluding hydrogens is 178 g/mol. The number of carbonyl (C=O) groups is 1. The highest BCUT2D eigenvalue weighted by atomic mass is 32.1. The van der Waals surface area contributed by atoms with Crippen LogP contribution in [0.25, 0.3) is 0 Å². The van der Waals surface area contributed by atoms with Gasteiger partial charge in [-0.1, -0.05) is 0 Å². The van der Waals surface area contributed by atoms with Crippen LogP contribution in [-0.2, 0) is 15.1 Å². The number of ether oxygens (including phenoxy) is 1. The zero-order valence-corrected chi connectivity index (χ0v) is 7.59. The van der Waals surface area contributed by atoms with E-state index in [1.54, 1.807) is 5.51 Å². The largest absolute Gasteiger partial charge is 0.479 e. The molecule has 66 valence electrons. The van der Waals surface area contributed by atoms with E-state index in [-0.39, 0.29) is 0 Å². The van der Waals surface area contributed by atoms with Gasteiger partial charge >= 0.3 is 5.97 Å². The minimum Gasteiger partial charge on any atom is -0.479 e. The van der Waals surface area contributed by atoms with E-state index < -0.39 is 11.6 Å². The Labute approximate surface area is 73.8 Å². The molecule has 1 aromatic heterocycles. The fourth-order valence-corrected chi connectivity index (χ4v) is 1.50. The standard InChI is InChI=1S/C7H9NO3S/c1-7(11-2,6(9)10)5-3-8-4-12-5/h3-4H,1-2H3,(H,9,10). The van der Waals surface area contributed by atoms with Crippen molar-refractivity contribution in [3.63, 3.8) is 0 Å². The summed E-state index contributed by atoms with van der Waals surface area (Å²) in [4.78, 5) is 15.2. The van der Waals surface area contributed by atoms with Gasteiger partial charge in [-0.05, 0) is 6.92 Å². The molecule has 0 radical (unpaired) electrons. The molecule has 4 nitrogen and oxygen atoms in total. The van der Waals surface area contributed by atoms with E-state index in [1.165, 1.54) is 31.6 Å². The van der Waals surface area contributed by atoms with E-state index in [4.69, 9.17) is 9.84 Å². The second-order valence-electron chi connectivity index (χ2n) is 2.41. The number of nitrogens with zero attached hydrogens (tertiary/aromatic N) is 1. The minimum absolute atomic E-state index is 0.595. The summed E-state index contributed by atoms with van der Waals surface area (Å²) in [6.07, 6.45) is 1.50. The van der Waals surface area contributed by atoms with Gasteiger partial charge in [-0.3, -0.25) is 4.98 Å². The van der Waals surface area contributed by atoms with Gasteiger partial charge in [-0.25, -0.2) is 4.79 Å². The zero-order valence-electron chi connectivity index (χ0n) is 6.77. The van der Waals surface area contributed by atoms with Crippen molar-refractivity contribution in [2.45, 2.75) is 12.5 Å². The molecule has 0 aliphatic rings. The van der Waals surface area contributed by atoms with Crippen molar-refractivity contribution in [1.29, 1.82) is 0 Å². The van der Waals surface area contributed by atoms with Gasteiger partial charge in [0.2, 0.25) is 0 Å². The zero-order chi connectivity index (χ0) is 9.19. The maximum absolute atomic E-state index is 10.8. The summed E-state index contributed by atoms with van der Waals surface area (Å²) in [5, 5.41) is 8.86. The second kappa shape index (κ2) is 3.20. The molecule has 12 heavy (non-hydrogen) atoms. The number of carboxylic acid groups (broad SMARTS) is 1. The lowest BCUT2D eigenvalue weighted by atomic mass is 10.1. The predicted octanol–water partition coefficient (Wildman–Crippen LogP) is 1.09. The minimum atomic E-state index is -1.26. The molecule has 1 atom stereocenters. The summed E-state index contributed by atoms with van der Waals surface area (Å²) < 4.78 is 4.91. The lowest BCUT2D eigenvalue weighted by molar-refractivity contribution is -0.160. The second-order valence-corrected chi connectivity index (χ2v) is 3.29. The van der Waals surface area contributed by atoms with E-state index in [2.05, 4.69) is 4.98 Å². The van der Waals surface area contributed by atoms with Gasteiger partial charge in [0.25, 0.3) is 0 Å². The molecule has 0 fully saturated rings. The first-order chi connectivity index (χ1) is 5.61. The highest BCUT2D eigenvalue weighted by molar-refractivity contribution is 7.09. The Bertz CT molecular complexity index is 272. The Balaban J connectivity index is 3.04. The van der Waals surface area contributed by atoms with Crippen LogP contribution in [0.1, 0.15) is 11.8 Å². The fraction of sp³-hybridized carbons (Fsp3) is 0.429. The molecule has 0 aromatic carbocycles. The molecule has 0 saturated heterocycles. The van der Waals surface area contributed by atoms with Gasteiger partial charge < -0.3 is 9.84 Å². The van der Waals surface area contributed by atoms with Crippen molar-refractivity contribution in [3.05, 3.63) is 16.6 Å². The molecule has 1 unspecified atom stereocenters. The number of hydrogen-bond donors (Lipinski definition) is 1. The van der Waals surface area contributed by atoms with Crippen molar-refractivity contribution in [2.75, 3.05) is 7.11 Å². The third kappa shape index (κ3) is 1.33. The fourth-order valence-electron chi connectivity index (χ4n) is 0.745. The lowest BCUT2D eigenvalue weighted by Crippen LogP contribution is -2.33. The molecule has 0 spiro atoms. The van der Waals surface area contributed by atoms with E-state index >= 15 is 0 Å². The van der Waals surface area contributed by atoms with Crippen LogP contribution in [0.4, 0.5) is 0 Å². The number of methoxy groups -OCH3 is 1. The van der Waals surface area contributed by atoms with Gasteiger partial charge in [0.05, 0.1) is 10.4 Å². The predicted molar refractivity (Wildman–Crippen MR) is 44.1 cm³/mol. The number of thiazole rings is 1. The van der Waals surface area contributed by atoms with Crippen molar-refractivity contribution < 1.29 is 14.6 Å². The summed E-state index contributed by atoms with van der Waals surface area (Å²) in [6.45, 7) is 1.50. The van der Waals surface area contributed by atoms with Crippen molar-refractivity contribution >= 4 is 17.3 Å². The Morgan fingerprint density at radius 3 is 2.83 bits per heavy atom. The first-order valence-electron chi connectivity index (χ1n) is 3.29. The third-order valence-electron chi connectivity index (χ3n) is 1.72. The molecule has 1 rings (SSSR count). The average Bonchev–Trinajstić information content (AvgIpc) is 2.54.